The Morgan fingerprint density at radius 3 is 3.00 bits per heavy atom. The van der Waals surface area contributed by atoms with Gasteiger partial charge in [0.05, 0.1) is 13.2 Å². The normalized spacial score (nSPS) is 29.6. The van der Waals surface area contributed by atoms with E-state index in [-0.39, 0.29) is 6.04 Å². The average Bonchev–Trinajstić information content (AvgIpc) is 2.55. The van der Waals surface area contributed by atoms with Crippen molar-refractivity contribution >= 4 is 0 Å². The van der Waals surface area contributed by atoms with Gasteiger partial charge in [-0.15, -0.1) is 0 Å². The molecule has 1 aromatic rings. The molecule has 2 aliphatic heterocycles. The molecule has 0 radical (unpaired) electrons. The molecule has 116 valence electrons. The summed E-state index contributed by atoms with van der Waals surface area (Å²) in [5.41, 5.74) is 0.853. The fourth-order valence-electron chi connectivity index (χ4n) is 3.72. The first-order valence-corrected chi connectivity index (χ1v) is 7.99. The zero-order valence-corrected chi connectivity index (χ0v) is 12.9. The minimum absolute atomic E-state index is 0.0508. The molecule has 1 aromatic carbocycles. The number of ether oxygens (including phenoxy) is 2. The Balaban J connectivity index is 1.86. The van der Waals surface area contributed by atoms with Crippen molar-refractivity contribution in [2.75, 3.05) is 20.3 Å². The molecule has 0 spiro atoms. The molecule has 0 bridgehead atoms. The Kier molecular flexibility index (Phi) is 4.36. The highest BCUT2D eigenvalue weighted by molar-refractivity contribution is 5.49. The smallest absolute Gasteiger partial charge is 0.167 e. The van der Waals surface area contributed by atoms with Crippen molar-refractivity contribution in [1.29, 1.82) is 0 Å². The first-order chi connectivity index (χ1) is 10.3. The Labute approximate surface area is 126 Å². The van der Waals surface area contributed by atoms with Crippen LogP contribution in [0.25, 0.3) is 0 Å². The summed E-state index contributed by atoms with van der Waals surface area (Å²) in [5.74, 6) is 1.41. The van der Waals surface area contributed by atoms with Crippen molar-refractivity contribution in [1.82, 2.24) is 4.90 Å². The number of benzene rings is 1. The molecule has 4 heteroatoms. The number of methoxy groups -OCH3 is 1. The van der Waals surface area contributed by atoms with Gasteiger partial charge in [0.2, 0.25) is 0 Å². The second kappa shape index (κ2) is 6.24. The Morgan fingerprint density at radius 2 is 2.24 bits per heavy atom. The number of likely N-dealkylation sites (tertiary alicyclic amines) is 1. The molecule has 3 atom stereocenters. The van der Waals surface area contributed by atoms with E-state index >= 15 is 0 Å². The maximum atomic E-state index is 10.8. The van der Waals surface area contributed by atoms with Crippen LogP contribution < -0.4 is 9.47 Å². The van der Waals surface area contributed by atoms with Crippen molar-refractivity contribution in [3.05, 3.63) is 23.8 Å². The molecule has 3 unspecified atom stereocenters. The van der Waals surface area contributed by atoms with E-state index in [0.717, 1.165) is 18.5 Å². The van der Waals surface area contributed by atoms with E-state index in [1.807, 2.05) is 18.2 Å². The largest absolute Gasteiger partial charge is 0.493 e. The molecule has 0 aliphatic carbocycles. The van der Waals surface area contributed by atoms with Gasteiger partial charge in [0.25, 0.3) is 0 Å². The molecule has 1 N–H and O–H groups in total. The SMILES string of the molecule is CCC1CCCCN1C1COc2c(OC)cccc2C1O. The van der Waals surface area contributed by atoms with Gasteiger partial charge in [0.15, 0.2) is 11.5 Å². The highest BCUT2D eigenvalue weighted by Gasteiger charge is 2.38. The number of aliphatic hydroxyl groups excluding tert-OH is 1. The Hall–Kier alpha value is -1.26. The van der Waals surface area contributed by atoms with E-state index < -0.39 is 6.10 Å². The summed E-state index contributed by atoms with van der Waals surface area (Å²) in [6.07, 6.45) is 4.36. The highest BCUT2D eigenvalue weighted by Crippen LogP contribution is 2.41. The second-order valence-electron chi connectivity index (χ2n) is 6.00. The number of hydrogen-bond acceptors (Lipinski definition) is 4. The minimum atomic E-state index is -0.504. The molecule has 1 fully saturated rings. The van der Waals surface area contributed by atoms with Crippen LogP contribution >= 0.6 is 0 Å². The number of para-hydroxylation sites is 1. The van der Waals surface area contributed by atoms with E-state index in [4.69, 9.17) is 9.47 Å². The molecular weight excluding hydrogens is 266 g/mol. The van der Waals surface area contributed by atoms with Crippen LogP contribution in [0.3, 0.4) is 0 Å². The van der Waals surface area contributed by atoms with Gasteiger partial charge in [0, 0.05) is 11.6 Å². The van der Waals surface area contributed by atoms with Gasteiger partial charge >= 0.3 is 0 Å². The molecule has 3 rings (SSSR count). The lowest BCUT2D eigenvalue weighted by Gasteiger charge is -2.44. The Bertz CT molecular complexity index is 491. The predicted molar refractivity (Wildman–Crippen MR) is 81.9 cm³/mol. The molecule has 0 aromatic heterocycles. The van der Waals surface area contributed by atoms with Crippen molar-refractivity contribution in [3.63, 3.8) is 0 Å². The fourth-order valence-corrected chi connectivity index (χ4v) is 3.72. The van der Waals surface area contributed by atoms with E-state index in [9.17, 15) is 5.11 Å². The fraction of sp³-hybridized carbons (Fsp3) is 0.647. The van der Waals surface area contributed by atoms with E-state index in [2.05, 4.69) is 11.8 Å². The quantitative estimate of drug-likeness (QED) is 0.930. The van der Waals surface area contributed by atoms with Crippen LogP contribution in [0.2, 0.25) is 0 Å². The van der Waals surface area contributed by atoms with Gasteiger partial charge in [0.1, 0.15) is 12.7 Å². The van der Waals surface area contributed by atoms with Crippen LogP contribution in [0.15, 0.2) is 18.2 Å². The molecule has 0 saturated carbocycles. The van der Waals surface area contributed by atoms with E-state index in [0.29, 0.717) is 24.1 Å². The molecular formula is C17H25NO3. The number of fused-ring (bicyclic) bond motifs is 1. The first-order valence-electron chi connectivity index (χ1n) is 7.99. The molecule has 0 amide bonds. The molecule has 21 heavy (non-hydrogen) atoms. The molecule has 2 aliphatic rings. The van der Waals surface area contributed by atoms with Crippen LogP contribution in [0.4, 0.5) is 0 Å². The van der Waals surface area contributed by atoms with Crippen molar-refractivity contribution < 1.29 is 14.6 Å². The summed E-state index contributed by atoms with van der Waals surface area (Å²) in [6.45, 7) is 3.82. The topological polar surface area (TPSA) is 41.9 Å². The highest BCUT2D eigenvalue weighted by atomic mass is 16.5. The van der Waals surface area contributed by atoms with Crippen LogP contribution in [-0.4, -0.2) is 42.4 Å². The monoisotopic (exact) mass is 291 g/mol. The lowest BCUT2D eigenvalue weighted by Crippen LogP contribution is -2.52. The third-order valence-corrected chi connectivity index (χ3v) is 4.88. The van der Waals surface area contributed by atoms with Gasteiger partial charge in [-0.2, -0.15) is 0 Å². The minimum Gasteiger partial charge on any atom is -0.493 e. The molecule has 2 heterocycles. The first kappa shape index (κ1) is 14.7. The zero-order valence-electron chi connectivity index (χ0n) is 12.9. The van der Waals surface area contributed by atoms with Gasteiger partial charge in [-0.1, -0.05) is 25.5 Å². The van der Waals surface area contributed by atoms with E-state index in [1.165, 1.54) is 19.3 Å². The zero-order chi connectivity index (χ0) is 14.8. The number of nitrogens with zero attached hydrogens (tertiary/aromatic N) is 1. The summed E-state index contributed by atoms with van der Waals surface area (Å²) >= 11 is 0. The number of aliphatic hydroxyl groups is 1. The Morgan fingerprint density at radius 1 is 1.38 bits per heavy atom. The summed E-state index contributed by atoms with van der Waals surface area (Å²) in [5, 5.41) is 10.8. The van der Waals surface area contributed by atoms with Crippen LogP contribution in [-0.2, 0) is 0 Å². The lowest BCUT2D eigenvalue weighted by molar-refractivity contribution is -0.0300. The third kappa shape index (κ3) is 2.62. The van der Waals surface area contributed by atoms with Crippen LogP contribution in [0, 0.1) is 0 Å². The summed E-state index contributed by atoms with van der Waals surface area (Å²) in [4.78, 5) is 2.45. The van der Waals surface area contributed by atoms with E-state index in [1.54, 1.807) is 7.11 Å². The maximum Gasteiger partial charge on any atom is 0.167 e. The van der Waals surface area contributed by atoms with Gasteiger partial charge in [-0.25, -0.2) is 0 Å². The summed E-state index contributed by atoms with van der Waals surface area (Å²) in [6, 6.07) is 6.35. The standard InChI is InChI=1S/C17H25NO3/c1-3-12-7-4-5-10-18(12)14-11-21-17-13(16(14)19)8-6-9-15(17)20-2/h6,8-9,12,14,16,19H,3-5,7,10-11H2,1-2H3. The van der Waals surface area contributed by atoms with Crippen LogP contribution in [0.1, 0.15) is 44.3 Å². The van der Waals surface area contributed by atoms with Crippen molar-refractivity contribution in [2.24, 2.45) is 0 Å². The summed E-state index contributed by atoms with van der Waals surface area (Å²) < 4.78 is 11.3. The lowest BCUT2D eigenvalue weighted by atomic mass is 9.92. The maximum absolute atomic E-state index is 10.8. The van der Waals surface area contributed by atoms with Gasteiger partial charge in [-0.3, -0.25) is 4.90 Å². The third-order valence-electron chi connectivity index (χ3n) is 4.88. The average molecular weight is 291 g/mol. The van der Waals surface area contributed by atoms with Crippen molar-refractivity contribution in [2.45, 2.75) is 50.8 Å². The number of rotatable bonds is 3. The predicted octanol–water partition coefficient (Wildman–Crippen LogP) is 2.75. The second-order valence-corrected chi connectivity index (χ2v) is 6.00. The molecule has 4 nitrogen and oxygen atoms in total. The van der Waals surface area contributed by atoms with Gasteiger partial charge in [-0.05, 0) is 31.9 Å². The number of hydrogen-bond donors (Lipinski definition) is 1. The van der Waals surface area contributed by atoms with Crippen LogP contribution in [0.5, 0.6) is 11.5 Å². The number of piperidine rings is 1. The van der Waals surface area contributed by atoms with Gasteiger partial charge < -0.3 is 14.6 Å². The van der Waals surface area contributed by atoms with Crippen molar-refractivity contribution in [3.8, 4) is 11.5 Å². The summed E-state index contributed by atoms with van der Waals surface area (Å²) in [7, 11) is 1.63. The molecule has 1 saturated heterocycles.